The van der Waals surface area contributed by atoms with Crippen molar-refractivity contribution in [3.8, 4) is 11.5 Å². The van der Waals surface area contributed by atoms with Crippen LogP contribution in [0.15, 0.2) is 61.3 Å². The molecule has 0 amide bonds. The van der Waals surface area contributed by atoms with E-state index in [-0.39, 0.29) is 39.2 Å². The third-order valence-corrected chi connectivity index (χ3v) is 5.48. The fourth-order valence-corrected chi connectivity index (χ4v) is 3.94. The number of halogens is 1. The standard InChI is InChI=1S/C22H13ClO7/c1-27-10-2-4-16-13(6-10)20(25)14(8-28-16)12-7-18(24)30-17-5-3-11-21(26)15(23)9-29-22(11)19(12)17/h2-6,8-9,12H,7H2,1H3. The number of esters is 1. The SMILES string of the molecule is COc1ccc2occ(C3CC(=O)Oc4ccc5c(=O)c(Cl)coc5c43)c(=O)c2c1. The van der Waals surface area contributed by atoms with Gasteiger partial charge in [0.25, 0.3) is 0 Å². The van der Waals surface area contributed by atoms with E-state index in [0.717, 1.165) is 6.26 Å². The number of methoxy groups -OCH3 is 1. The molecule has 0 spiro atoms. The molecule has 0 N–H and O–H groups in total. The van der Waals surface area contributed by atoms with Gasteiger partial charge in [-0.3, -0.25) is 14.4 Å². The lowest BCUT2D eigenvalue weighted by Gasteiger charge is -2.24. The zero-order valence-electron chi connectivity index (χ0n) is 15.6. The highest BCUT2D eigenvalue weighted by molar-refractivity contribution is 6.30. The minimum atomic E-state index is -0.721. The highest BCUT2D eigenvalue weighted by Gasteiger charge is 2.34. The van der Waals surface area contributed by atoms with E-state index >= 15 is 0 Å². The maximum Gasteiger partial charge on any atom is 0.312 e. The second kappa shape index (κ2) is 6.74. The number of carbonyl (C=O) groups is 1. The van der Waals surface area contributed by atoms with Gasteiger partial charge in [-0.05, 0) is 30.3 Å². The average Bonchev–Trinajstić information content (AvgIpc) is 2.75. The maximum absolute atomic E-state index is 13.3. The van der Waals surface area contributed by atoms with Crippen LogP contribution in [0.3, 0.4) is 0 Å². The molecule has 2 aromatic carbocycles. The summed E-state index contributed by atoms with van der Waals surface area (Å²) >= 11 is 5.90. The van der Waals surface area contributed by atoms with Gasteiger partial charge in [0.2, 0.25) is 5.43 Å². The molecule has 8 heteroatoms. The van der Waals surface area contributed by atoms with Crippen LogP contribution in [0.4, 0.5) is 0 Å². The summed E-state index contributed by atoms with van der Waals surface area (Å²) in [6.45, 7) is 0. The van der Waals surface area contributed by atoms with Crippen molar-refractivity contribution < 1.29 is 23.1 Å². The van der Waals surface area contributed by atoms with Crippen LogP contribution < -0.4 is 20.3 Å². The largest absolute Gasteiger partial charge is 0.497 e. The molecule has 0 fully saturated rings. The summed E-state index contributed by atoms with van der Waals surface area (Å²) < 4.78 is 21.8. The molecule has 30 heavy (non-hydrogen) atoms. The van der Waals surface area contributed by atoms with Crippen molar-refractivity contribution in [3.05, 3.63) is 79.5 Å². The second-order valence-corrected chi connectivity index (χ2v) is 7.29. The number of fused-ring (bicyclic) bond motifs is 4. The van der Waals surface area contributed by atoms with E-state index < -0.39 is 17.3 Å². The van der Waals surface area contributed by atoms with Crippen molar-refractivity contribution >= 4 is 39.5 Å². The lowest BCUT2D eigenvalue weighted by atomic mass is 9.85. The summed E-state index contributed by atoms with van der Waals surface area (Å²) in [6.07, 6.45) is 2.35. The monoisotopic (exact) mass is 424 g/mol. The Morgan fingerprint density at radius 1 is 1.00 bits per heavy atom. The van der Waals surface area contributed by atoms with Crippen molar-refractivity contribution in [1.29, 1.82) is 0 Å². The molecule has 1 aliphatic heterocycles. The number of carbonyl (C=O) groups excluding carboxylic acids is 1. The van der Waals surface area contributed by atoms with Crippen LogP contribution in [-0.2, 0) is 4.79 Å². The minimum Gasteiger partial charge on any atom is -0.497 e. The van der Waals surface area contributed by atoms with E-state index in [4.69, 9.17) is 29.9 Å². The smallest absolute Gasteiger partial charge is 0.312 e. The highest BCUT2D eigenvalue weighted by Crippen LogP contribution is 2.42. The van der Waals surface area contributed by atoms with Gasteiger partial charge >= 0.3 is 5.97 Å². The summed E-state index contributed by atoms with van der Waals surface area (Å²) in [4.78, 5) is 38.0. The molecule has 1 atom stereocenters. The zero-order valence-corrected chi connectivity index (χ0v) is 16.3. The fourth-order valence-electron chi connectivity index (χ4n) is 3.79. The third kappa shape index (κ3) is 2.70. The molecule has 1 unspecified atom stereocenters. The topological polar surface area (TPSA) is 96.0 Å². The summed E-state index contributed by atoms with van der Waals surface area (Å²) in [7, 11) is 1.50. The van der Waals surface area contributed by atoms with Gasteiger partial charge in [0.15, 0.2) is 5.43 Å². The van der Waals surface area contributed by atoms with Gasteiger partial charge in [-0.1, -0.05) is 11.6 Å². The molecule has 0 radical (unpaired) electrons. The number of hydrogen-bond acceptors (Lipinski definition) is 7. The lowest BCUT2D eigenvalue weighted by molar-refractivity contribution is -0.135. The molecule has 1 aliphatic rings. The van der Waals surface area contributed by atoms with E-state index in [1.165, 1.54) is 25.5 Å². The van der Waals surface area contributed by atoms with Crippen molar-refractivity contribution in [3.63, 3.8) is 0 Å². The number of benzene rings is 2. The van der Waals surface area contributed by atoms with E-state index in [1.54, 1.807) is 18.2 Å². The Morgan fingerprint density at radius 3 is 2.63 bits per heavy atom. The Labute approximate surface area is 173 Å². The first-order valence-corrected chi connectivity index (χ1v) is 9.39. The quantitative estimate of drug-likeness (QED) is 0.354. The predicted molar refractivity (Wildman–Crippen MR) is 109 cm³/mol. The minimum absolute atomic E-state index is 0.0656. The molecule has 4 aromatic rings. The molecule has 2 aromatic heterocycles. The predicted octanol–water partition coefficient (Wildman–Crippen LogP) is 4.00. The second-order valence-electron chi connectivity index (χ2n) is 6.88. The molecule has 0 aliphatic carbocycles. The van der Waals surface area contributed by atoms with Crippen molar-refractivity contribution in [1.82, 2.24) is 0 Å². The van der Waals surface area contributed by atoms with Gasteiger partial charge in [-0.15, -0.1) is 0 Å². The normalized spacial score (nSPS) is 15.8. The fraction of sp³-hybridized carbons (Fsp3) is 0.136. The van der Waals surface area contributed by atoms with Gasteiger partial charge < -0.3 is 18.3 Å². The van der Waals surface area contributed by atoms with Crippen LogP contribution in [0.1, 0.15) is 23.5 Å². The molecule has 0 saturated carbocycles. The number of ether oxygens (including phenoxy) is 2. The molecule has 3 heterocycles. The summed E-state index contributed by atoms with van der Waals surface area (Å²) in [5.74, 6) is -0.504. The number of rotatable bonds is 2. The van der Waals surface area contributed by atoms with Crippen LogP contribution in [0.2, 0.25) is 5.02 Å². The highest BCUT2D eigenvalue weighted by atomic mass is 35.5. The van der Waals surface area contributed by atoms with Crippen molar-refractivity contribution in [2.45, 2.75) is 12.3 Å². The van der Waals surface area contributed by atoms with E-state index in [0.29, 0.717) is 22.3 Å². The molecule has 7 nitrogen and oxygen atoms in total. The molecular weight excluding hydrogens is 412 g/mol. The Balaban J connectivity index is 1.81. The average molecular weight is 425 g/mol. The summed E-state index contributed by atoms with van der Waals surface area (Å²) in [6, 6.07) is 7.88. The van der Waals surface area contributed by atoms with Crippen molar-refractivity contribution in [2.24, 2.45) is 0 Å². The number of hydrogen-bond donors (Lipinski definition) is 0. The maximum atomic E-state index is 13.3. The van der Waals surface area contributed by atoms with Crippen molar-refractivity contribution in [2.75, 3.05) is 7.11 Å². The summed E-state index contributed by atoms with van der Waals surface area (Å²) in [5.41, 5.74) is 0.554. The molecular formula is C22H13ClO7. The van der Waals surface area contributed by atoms with Gasteiger partial charge in [0, 0.05) is 17.0 Å². The lowest BCUT2D eigenvalue weighted by Crippen LogP contribution is -2.25. The first-order chi connectivity index (χ1) is 14.5. The Hall–Kier alpha value is -3.58. The van der Waals surface area contributed by atoms with Crippen LogP contribution in [-0.4, -0.2) is 13.1 Å². The van der Waals surface area contributed by atoms with Crippen LogP contribution in [0.25, 0.3) is 21.9 Å². The molecule has 5 rings (SSSR count). The Kier molecular flexibility index (Phi) is 4.15. The van der Waals surface area contributed by atoms with Gasteiger partial charge in [-0.25, -0.2) is 0 Å². The first-order valence-electron chi connectivity index (χ1n) is 9.02. The van der Waals surface area contributed by atoms with E-state index in [2.05, 4.69) is 0 Å². The Bertz CT molecular complexity index is 1460. The molecule has 150 valence electrons. The van der Waals surface area contributed by atoms with Gasteiger partial charge in [-0.2, -0.15) is 0 Å². The van der Waals surface area contributed by atoms with Gasteiger partial charge in [0.1, 0.15) is 34.0 Å². The molecule has 0 saturated heterocycles. The van der Waals surface area contributed by atoms with E-state index in [9.17, 15) is 14.4 Å². The summed E-state index contributed by atoms with van der Waals surface area (Å²) in [5, 5.41) is 0.484. The Morgan fingerprint density at radius 2 is 1.83 bits per heavy atom. The van der Waals surface area contributed by atoms with Gasteiger partial charge in [0.05, 0.1) is 30.6 Å². The van der Waals surface area contributed by atoms with Crippen LogP contribution in [0.5, 0.6) is 11.5 Å². The first kappa shape index (κ1) is 18.4. The van der Waals surface area contributed by atoms with Crippen LogP contribution >= 0.6 is 11.6 Å². The zero-order chi connectivity index (χ0) is 21.0. The van der Waals surface area contributed by atoms with Crippen LogP contribution in [0, 0.1) is 0 Å². The third-order valence-electron chi connectivity index (χ3n) is 5.22. The molecule has 0 bridgehead atoms. The van der Waals surface area contributed by atoms with E-state index in [1.807, 2.05) is 0 Å².